The van der Waals surface area contributed by atoms with Gasteiger partial charge < -0.3 is 4.74 Å². The van der Waals surface area contributed by atoms with E-state index in [0.29, 0.717) is 17.3 Å². The minimum Gasteiger partial charge on any atom is -0.496 e. The quantitative estimate of drug-likeness (QED) is 0.668. The van der Waals surface area contributed by atoms with Crippen LogP contribution in [0.2, 0.25) is 0 Å². The molecule has 0 saturated heterocycles. The second-order valence-electron chi connectivity index (χ2n) is 5.94. The SMILES string of the molecule is COc1ccc(-c2nc3sc(CC(C)C)nn3c2C=O)cc1C. The van der Waals surface area contributed by atoms with Crippen molar-refractivity contribution in [3.8, 4) is 17.0 Å². The van der Waals surface area contributed by atoms with Gasteiger partial charge in [-0.1, -0.05) is 25.2 Å². The van der Waals surface area contributed by atoms with Gasteiger partial charge in [-0.2, -0.15) is 9.61 Å². The minimum absolute atomic E-state index is 0.496. The fourth-order valence-electron chi connectivity index (χ4n) is 2.58. The standard InChI is InChI=1S/C17H19N3O2S/c1-10(2)7-15-19-20-13(9-21)16(18-17(20)23-15)12-5-6-14(22-4)11(3)8-12/h5-6,8-10H,7H2,1-4H3. The Morgan fingerprint density at radius 2 is 2.17 bits per heavy atom. The Kier molecular flexibility index (Phi) is 4.17. The highest BCUT2D eigenvalue weighted by molar-refractivity contribution is 7.16. The lowest BCUT2D eigenvalue weighted by atomic mass is 10.1. The van der Waals surface area contributed by atoms with Crippen LogP contribution < -0.4 is 4.74 Å². The van der Waals surface area contributed by atoms with E-state index < -0.39 is 0 Å². The van der Waals surface area contributed by atoms with E-state index in [1.165, 1.54) is 11.3 Å². The number of imidazole rings is 1. The third-order valence-corrected chi connectivity index (χ3v) is 4.57. The van der Waals surface area contributed by atoms with Crippen molar-refractivity contribution in [2.75, 3.05) is 7.11 Å². The first-order valence-corrected chi connectivity index (χ1v) is 8.33. The summed E-state index contributed by atoms with van der Waals surface area (Å²) in [6.45, 7) is 6.27. The summed E-state index contributed by atoms with van der Waals surface area (Å²) in [7, 11) is 1.64. The van der Waals surface area contributed by atoms with Crippen LogP contribution in [0, 0.1) is 12.8 Å². The molecule has 2 aromatic heterocycles. The van der Waals surface area contributed by atoms with Gasteiger partial charge in [0.25, 0.3) is 0 Å². The molecule has 5 nitrogen and oxygen atoms in total. The van der Waals surface area contributed by atoms with Crippen molar-refractivity contribution in [2.24, 2.45) is 5.92 Å². The molecule has 3 rings (SSSR count). The number of aryl methyl sites for hydroxylation is 1. The summed E-state index contributed by atoms with van der Waals surface area (Å²) in [5, 5.41) is 5.55. The zero-order chi connectivity index (χ0) is 16.6. The van der Waals surface area contributed by atoms with E-state index >= 15 is 0 Å². The first-order valence-electron chi connectivity index (χ1n) is 7.52. The van der Waals surface area contributed by atoms with Crippen molar-refractivity contribution in [1.29, 1.82) is 0 Å². The van der Waals surface area contributed by atoms with Crippen molar-refractivity contribution in [1.82, 2.24) is 14.6 Å². The van der Waals surface area contributed by atoms with Crippen LogP contribution >= 0.6 is 11.3 Å². The number of hydrogen-bond acceptors (Lipinski definition) is 5. The van der Waals surface area contributed by atoms with Gasteiger partial charge in [0.05, 0.1) is 7.11 Å². The number of nitrogens with zero attached hydrogens (tertiary/aromatic N) is 3. The van der Waals surface area contributed by atoms with Gasteiger partial charge in [-0.25, -0.2) is 4.98 Å². The molecule has 2 heterocycles. The maximum Gasteiger partial charge on any atom is 0.213 e. The van der Waals surface area contributed by atoms with Crippen LogP contribution in [-0.2, 0) is 6.42 Å². The number of carbonyl (C=O) groups excluding carboxylic acids is 1. The van der Waals surface area contributed by atoms with Crippen LogP contribution in [0.25, 0.3) is 16.2 Å². The van der Waals surface area contributed by atoms with Crippen LogP contribution in [0.4, 0.5) is 0 Å². The molecule has 6 heteroatoms. The van der Waals surface area contributed by atoms with Crippen molar-refractivity contribution >= 4 is 22.6 Å². The summed E-state index contributed by atoms with van der Waals surface area (Å²) < 4.78 is 6.94. The molecule has 3 aromatic rings. The second-order valence-corrected chi connectivity index (χ2v) is 6.98. The van der Waals surface area contributed by atoms with E-state index in [4.69, 9.17) is 4.74 Å². The molecule has 0 aliphatic heterocycles. The summed E-state index contributed by atoms with van der Waals surface area (Å²) in [6.07, 6.45) is 1.72. The van der Waals surface area contributed by atoms with Gasteiger partial charge in [-0.15, -0.1) is 0 Å². The summed E-state index contributed by atoms with van der Waals surface area (Å²) in [6, 6.07) is 5.79. The number of fused-ring (bicyclic) bond motifs is 1. The zero-order valence-electron chi connectivity index (χ0n) is 13.7. The summed E-state index contributed by atoms with van der Waals surface area (Å²) >= 11 is 1.54. The van der Waals surface area contributed by atoms with Gasteiger partial charge >= 0.3 is 0 Å². The molecule has 0 aliphatic carbocycles. The Morgan fingerprint density at radius 1 is 1.39 bits per heavy atom. The van der Waals surface area contributed by atoms with Crippen molar-refractivity contribution in [3.63, 3.8) is 0 Å². The first-order chi connectivity index (χ1) is 11.0. The predicted octanol–water partition coefficient (Wildman–Crippen LogP) is 3.79. The Balaban J connectivity index is 2.09. The minimum atomic E-state index is 0.496. The molecule has 120 valence electrons. The number of benzene rings is 1. The fourth-order valence-corrected chi connectivity index (χ4v) is 3.69. The molecule has 0 amide bonds. The monoisotopic (exact) mass is 329 g/mol. The smallest absolute Gasteiger partial charge is 0.213 e. The highest BCUT2D eigenvalue weighted by Crippen LogP contribution is 2.30. The third kappa shape index (κ3) is 2.86. The highest BCUT2D eigenvalue weighted by Gasteiger charge is 2.18. The molecule has 0 N–H and O–H groups in total. The number of rotatable bonds is 5. The summed E-state index contributed by atoms with van der Waals surface area (Å²) in [5.41, 5.74) is 3.07. The van der Waals surface area contributed by atoms with Crippen molar-refractivity contribution < 1.29 is 9.53 Å². The Morgan fingerprint density at radius 3 is 2.78 bits per heavy atom. The topological polar surface area (TPSA) is 56.5 Å². The molecule has 0 bridgehead atoms. The molecule has 0 saturated carbocycles. The Hall–Kier alpha value is -2.21. The zero-order valence-corrected chi connectivity index (χ0v) is 14.5. The normalized spacial score (nSPS) is 11.3. The van der Waals surface area contributed by atoms with Crippen LogP contribution in [-0.4, -0.2) is 28.0 Å². The number of methoxy groups -OCH3 is 1. The average molecular weight is 329 g/mol. The number of aldehydes is 1. The molecule has 0 unspecified atom stereocenters. The second kappa shape index (κ2) is 6.12. The maximum atomic E-state index is 11.6. The van der Waals surface area contributed by atoms with E-state index in [1.54, 1.807) is 11.6 Å². The third-order valence-electron chi connectivity index (χ3n) is 3.64. The molecular weight excluding hydrogens is 310 g/mol. The van der Waals surface area contributed by atoms with Gasteiger partial charge in [-0.05, 0) is 36.6 Å². The lowest BCUT2D eigenvalue weighted by molar-refractivity contribution is 0.111. The number of aromatic nitrogens is 3. The molecular formula is C17H19N3O2S. The van der Waals surface area contributed by atoms with Gasteiger partial charge in [-0.3, -0.25) is 4.79 Å². The molecule has 0 aliphatic rings. The van der Waals surface area contributed by atoms with E-state index in [9.17, 15) is 4.79 Å². The van der Waals surface area contributed by atoms with Crippen LogP contribution in [0.15, 0.2) is 18.2 Å². The van der Waals surface area contributed by atoms with E-state index in [0.717, 1.165) is 39.6 Å². The number of ether oxygens (including phenoxy) is 1. The number of carbonyl (C=O) groups is 1. The summed E-state index contributed by atoms with van der Waals surface area (Å²) in [5.74, 6) is 1.34. The van der Waals surface area contributed by atoms with Crippen LogP contribution in [0.5, 0.6) is 5.75 Å². The van der Waals surface area contributed by atoms with Crippen LogP contribution in [0.3, 0.4) is 0 Å². The maximum absolute atomic E-state index is 11.6. The molecule has 0 spiro atoms. The highest BCUT2D eigenvalue weighted by atomic mass is 32.1. The Bertz CT molecular complexity index is 864. The van der Waals surface area contributed by atoms with Gasteiger partial charge in [0.15, 0.2) is 6.29 Å². The molecule has 1 aromatic carbocycles. The van der Waals surface area contributed by atoms with E-state index in [-0.39, 0.29) is 0 Å². The van der Waals surface area contributed by atoms with Gasteiger partial charge in [0, 0.05) is 12.0 Å². The Labute approximate surface area is 138 Å². The average Bonchev–Trinajstić information content (AvgIpc) is 3.02. The molecule has 23 heavy (non-hydrogen) atoms. The van der Waals surface area contributed by atoms with E-state index in [1.807, 2.05) is 25.1 Å². The lowest BCUT2D eigenvalue weighted by Crippen LogP contribution is -1.98. The lowest BCUT2D eigenvalue weighted by Gasteiger charge is -2.06. The predicted molar refractivity (Wildman–Crippen MR) is 91.5 cm³/mol. The van der Waals surface area contributed by atoms with Crippen molar-refractivity contribution in [2.45, 2.75) is 27.2 Å². The number of hydrogen-bond donors (Lipinski definition) is 0. The molecule has 0 fully saturated rings. The molecule has 0 atom stereocenters. The van der Waals surface area contributed by atoms with Crippen molar-refractivity contribution in [3.05, 3.63) is 34.5 Å². The van der Waals surface area contributed by atoms with Crippen LogP contribution in [0.1, 0.15) is 34.9 Å². The van der Waals surface area contributed by atoms with Gasteiger partial charge in [0.2, 0.25) is 4.96 Å². The fraction of sp³-hybridized carbons (Fsp3) is 0.353. The van der Waals surface area contributed by atoms with Gasteiger partial charge in [0.1, 0.15) is 22.1 Å². The summed E-state index contributed by atoms with van der Waals surface area (Å²) in [4.78, 5) is 17.0. The largest absolute Gasteiger partial charge is 0.496 e. The van der Waals surface area contributed by atoms with E-state index in [2.05, 4.69) is 23.9 Å². The molecule has 0 radical (unpaired) electrons. The first kappa shape index (κ1) is 15.7.